The molecule has 4 rings (SSSR count). The maximum Gasteiger partial charge on any atom is 0.155 e. The van der Waals surface area contributed by atoms with Crippen LogP contribution in [0.1, 0.15) is 24.9 Å². The maximum atomic E-state index is 4.65. The van der Waals surface area contributed by atoms with Gasteiger partial charge in [-0.2, -0.15) is 5.10 Å². The molecule has 1 aliphatic rings. The Balaban J connectivity index is 1.51. The van der Waals surface area contributed by atoms with Crippen LogP contribution in [-0.2, 0) is 0 Å². The van der Waals surface area contributed by atoms with Crippen molar-refractivity contribution in [3.63, 3.8) is 0 Å². The van der Waals surface area contributed by atoms with Gasteiger partial charge < -0.3 is 4.90 Å². The van der Waals surface area contributed by atoms with Crippen LogP contribution >= 0.6 is 0 Å². The van der Waals surface area contributed by atoms with E-state index in [-0.39, 0.29) is 0 Å². The predicted octanol–water partition coefficient (Wildman–Crippen LogP) is 3.14. The Morgan fingerprint density at radius 3 is 2.50 bits per heavy atom. The van der Waals surface area contributed by atoms with Gasteiger partial charge in [-0.05, 0) is 6.42 Å². The van der Waals surface area contributed by atoms with E-state index in [1.165, 1.54) is 5.56 Å². The highest BCUT2D eigenvalue weighted by atomic mass is 15.3. The number of piperazine rings is 1. The first kappa shape index (κ1) is 16.7. The molecule has 1 fully saturated rings. The van der Waals surface area contributed by atoms with Crippen molar-refractivity contribution in [2.24, 2.45) is 0 Å². The van der Waals surface area contributed by atoms with Gasteiger partial charge in [0.25, 0.3) is 0 Å². The second-order valence-electron chi connectivity index (χ2n) is 6.57. The number of nitrogens with zero attached hydrogens (tertiary/aromatic N) is 5. The molecule has 1 saturated heterocycles. The Labute approximate surface area is 153 Å². The van der Waals surface area contributed by atoms with E-state index in [0.717, 1.165) is 49.7 Å². The first-order chi connectivity index (χ1) is 12.9. The molecule has 1 aromatic carbocycles. The van der Waals surface area contributed by atoms with Crippen molar-refractivity contribution >= 4 is 5.82 Å². The maximum absolute atomic E-state index is 4.65. The molecule has 0 spiro atoms. The summed E-state index contributed by atoms with van der Waals surface area (Å²) in [6.45, 7) is 6.16. The van der Waals surface area contributed by atoms with Gasteiger partial charge in [-0.15, -0.1) is 0 Å². The van der Waals surface area contributed by atoms with Gasteiger partial charge in [-0.1, -0.05) is 37.3 Å². The molecular weight excluding hydrogens is 324 g/mol. The number of aromatic amines is 1. The van der Waals surface area contributed by atoms with E-state index in [1.54, 1.807) is 12.4 Å². The Hall–Kier alpha value is -2.73. The number of rotatable bonds is 5. The number of benzene rings is 1. The third-order valence-electron chi connectivity index (χ3n) is 5.07. The molecule has 0 saturated carbocycles. The molecule has 3 heterocycles. The summed E-state index contributed by atoms with van der Waals surface area (Å²) < 4.78 is 0. The smallest absolute Gasteiger partial charge is 0.155 e. The average molecular weight is 348 g/mol. The molecule has 0 bridgehead atoms. The second kappa shape index (κ2) is 7.66. The van der Waals surface area contributed by atoms with Gasteiger partial charge in [0.15, 0.2) is 5.82 Å². The Kier molecular flexibility index (Phi) is 4.93. The van der Waals surface area contributed by atoms with E-state index in [9.17, 15) is 0 Å². The fourth-order valence-electron chi connectivity index (χ4n) is 3.75. The summed E-state index contributed by atoms with van der Waals surface area (Å²) >= 11 is 0. The predicted molar refractivity (Wildman–Crippen MR) is 103 cm³/mol. The van der Waals surface area contributed by atoms with Crippen LogP contribution in [-0.4, -0.2) is 51.2 Å². The highest BCUT2D eigenvalue weighted by Crippen LogP contribution is 2.29. The molecule has 134 valence electrons. The quantitative estimate of drug-likeness (QED) is 0.767. The van der Waals surface area contributed by atoms with Gasteiger partial charge in [0.05, 0.1) is 6.20 Å². The molecule has 0 amide bonds. The van der Waals surface area contributed by atoms with Crippen LogP contribution < -0.4 is 4.90 Å². The van der Waals surface area contributed by atoms with Crippen molar-refractivity contribution in [3.8, 4) is 11.3 Å². The zero-order valence-electron chi connectivity index (χ0n) is 15.0. The molecule has 1 unspecified atom stereocenters. The van der Waals surface area contributed by atoms with Crippen molar-refractivity contribution in [1.82, 2.24) is 25.1 Å². The van der Waals surface area contributed by atoms with Crippen LogP contribution in [0.4, 0.5) is 5.82 Å². The standard InChI is InChI=1S/C20H24N6/c1-2-18(17-14-23-24-15-17)25-10-12-26(13-11-25)20-19(21-8-9-22-20)16-6-4-3-5-7-16/h3-9,14-15,18H,2,10-13H2,1H3,(H,23,24). The Morgan fingerprint density at radius 1 is 1.04 bits per heavy atom. The largest absolute Gasteiger partial charge is 0.352 e. The minimum absolute atomic E-state index is 0.423. The van der Waals surface area contributed by atoms with E-state index >= 15 is 0 Å². The zero-order chi connectivity index (χ0) is 17.8. The van der Waals surface area contributed by atoms with Gasteiger partial charge in [0.1, 0.15) is 5.69 Å². The van der Waals surface area contributed by atoms with Gasteiger partial charge in [-0.3, -0.25) is 15.0 Å². The summed E-state index contributed by atoms with van der Waals surface area (Å²) in [5.74, 6) is 0.981. The average Bonchev–Trinajstić information content (AvgIpc) is 3.24. The number of H-pyrrole nitrogens is 1. The third kappa shape index (κ3) is 3.32. The van der Waals surface area contributed by atoms with Gasteiger partial charge in [0.2, 0.25) is 0 Å². The van der Waals surface area contributed by atoms with Crippen LogP contribution in [0.25, 0.3) is 11.3 Å². The van der Waals surface area contributed by atoms with E-state index in [4.69, 9.17) is 0 Å². The highest BCUT2D eigenvalue weighted by Gasteiger charge is 2.26. The summed E-state index contributed by atoms with van der Waals surface area (Å²) in [7, 11) is 0. The second-order valence-corrected chi connectivity index (χ2v) is 6.57. The minimum Gasteiger partial charge on any atom is -0.352 e. The first-order valence-corrected chi connectivity index (χ1v) is 9.21. The molecule has 1 aliphatic heterocycles. The number of nitrogens with one attached hydrogen (secondary N) is 1. The molecule has 1 N–H and O–H groups in total. The van der Waals surface area contributed by atoms with Gasteiger partial charge in [-0.25, -0.2) is 4.98 Å². The van der Waals surface area contributed by atoms with E-state index in [1.807, 2.05) is 30.6 Å². The van der Waals surface area contributed by atoms with Crippen LogP contribution in [0.5, 0.6) is 0 Å². The topological polar surface area (TPSA) is 60.9 Å². The van der Waals surface area contributed by atoms with Gasteiger partial charge >= 0.3 is 0 Å². The van der Waals surface area contributed by atoms with Crippen molar-refractivity contribution in [2.45, 2.75) is 19.4 Å². The lowest BCUT2D eigenvalue weighted by Gasteiger charge is -2.39. The SMILES string of the molecule is CCC(c1cn[nH]c1)N1CCN(c2nccnc2-c2ccccc2)CC1. The lowest BCUT2D eigenvalue weighted by atomic mass is 10.1. The summed E-state index contributed by atoms with van der Waals surface area (Å²) in [5, 5.41) is 7.05. The lowest BCUT2D eigenvalue weighted by Crippen LogP contribution is -2.48. The fourth-order valence-corrected chi connectivity index (χ4v) is 3.75. The number of aromatic nitrogens is 4. The molecule has 3 aromatic rings. The van der Waals surface area contributed by atoms with Crippen LogP contribution in [0, 0.1) is 0 Å². The van der Waals surface area contributed by atoms with E-state index in [2.05, 4.69) is 49.0 Å². The van der Waals surface area contributed by atoms with Gasteiger partial charge in [0, 0.05) is 61.9 Å². The first-order valence-electron chi connectivity index (χ1n) is 9.21. The summed E-state index contributed by atoms with van der Waals surface area (Å²) in [6, 6.07) is 10.7. The van der Waals surface area contributed by atoms with E-state index < -0.39 is 0 Å². The zero-order valence-corrected chi connectivity index (χ0v) is 15.0. The van der Waals surface area contributed by atoms with E-state index in [0.29, 0.717) is 6.04 Å². The molecule has 26 heavy (non-hydrogen) atoms. The lowest BCUT2D eigenvalue weighted by molar-refractivity contribution is 0.181. The normalized spacial score (nSPS) is 16.6. The van der Waals surface area contributed by atoms with Crippen molar-refractivity contribution in [1.29, 1.82) is 0 Å². The van der Waals surface area contributed by atoms with Crippen LogP contribution in [0.2, 0.25) is 0 Å². The number of hydrogen-bond acceptors (Lipinski definition) is 5. The highest BCUT2D eigenvalue weighted by molar-refractivity contribution is 5.71. The molecule has 2 aromatic heterocycles. The molecule has 0 radical (unpaired) electrons. The molecule has 0 aliphatic carbocycles. The minimum atomic E-state index is 0.423. The Bertz CT molecular complexity index is 809. The fraction of sp³-hybridized carbons (Fsp3) is 0.350. The number of anilines is 1. The van der Waals surface area contributed by atoms with Crippen molar-refractivity contribution < 1.29 is 0 Å². The molecule has 6 heteroatoms. The summed E-state index contributed by atoms with van der Waals surface area (Å²) in [4.78, 5) is 14.2. The summed E-state index contributed by atoms with van der Waals surface area (Å²) in [6.07, 6.45) is 8.59. The molecular formula is C20H24N6. The third-order valence-corrected chi connectivity index (χ3v) is 5.07. The van der Waals surface area contributed by atoms with Crippen molar-refractivity contribution in [3.05, 3.63) is 60.7 Å². The number of hydrogen-bond donors (Lipinski definition) is 1. The Morgan fingerprint density at radius 2 is 1.81 bits per heavy atom. The monoisotopic (exact) mass is 348 g/mol. The molecule has 6 nitrogen and oxygen atoms in total. The van der Waals surface area contributed by atoms with Crippen LogP contribution in [0.3, 0.4) is 0 Å². The van der Waals surface area contributed by atoms with Crippen molar-refractivity contribution in [2.75, 3.05) is 31.1 Å². The van der Waals surface area contributed by atoms with Crippen LogP contribution in [0.15, 0.2) is 55.1 Å². The summed E-state index contributed by atoms with van der Waals surface area (Å²) in [5.41, 5.74) is 3.34. The molecule has 1 atom stereocenters.